The van der Waals surface area contributed by atoms with Crippen LogP contribution in [-0.4, -0.2) is 6.29 Å². The molecule has 0 saturated carbocycles. The van der Waals surface area contributed by atoms with Crippen LogP contribution in [0.2, 0.25) is 0 Å². The summed E-state index contributed by atoms with van der Waals surface area (Å²) in [6.07, 6.45) is -3.88. The molecule has 0 radical (unpaired) electrons. The van der Waals surface area contributed by atoms with Gasteiger partial charge in [0.25, 0.3) is 0 Å². The van der Waals surface area contributed by atoms with E-state index < -0.39 is 17.7 Å². The van der Waals surface area contributed by atoms with Crippen molar-refractivity contribution in [1.29, 1.82) is 5.26 Å². The Hall–Kier alpha value is -1.83. The normalized spacial score (nSPS) is 12.9. The smallest absolute Gasteiger partial charge is 0.303 e. The first-order chi connectivity index (χ1) is 7.88. The molecule has 1 aromatic rings. The van der Waals surface area contributed by atoms with Crippen LogP contribution in [0.4, 0.5) is 13.2 Å². The van der Waals surface area contributed by atoms with Crippen molar-refractivity contribution in [3.05, 3.63) is 34.9 Å². The highest BCUT2D eigenvalue weighted by atomic mass is 19.4. The Morgan fingerprint density at radius 1 is 1.47 bits per heavy atom. The van der Waals surface area contributed by atoms with Crippen molar-refractivity contribution >= 4 is 6.29 Å². The van der Waals surface area contributed by atoms with Gasteiger partial charge in [-0.1, -0.05) is 13.0 Å². The summed E-state index contributed by atoms with van der Waals surface area (Å²) in [4.78, 5) is 10.5. The molecule has 0 amide bonds. The lowest BCUT2D eigenvalue weighted by molar-refractivity contribution is -0.138. The first kappa shape index (κ1) is 13.2. The third-order valence-electron chi connectivity index (χ3n) is 2.32. The Kier molecular flexibility index (Phi) is 3.89. The zero-order chi connectivity index (χ0) is 13.1. The molecule has 1 unspecified atom stereocenters. The Balaban J connectivity index is 3.21. The molecule has 0 fully saturated rings. The first-order valence-corrected chi connectivity index (χ1v) is 4.94. The number of halogens is 3. The predicted octanol–water partition coefficient (Wildman–Crippen LogP) is 2.95. The number of nitrogens with zero attached hydrogens (tertiary/aromatic N) is 1. The average Bonchev–Trinajstić information content (AvgIpc) is 2.28. The number of hydrogen-bond donors (Lipinski definition) is 0. The second-order valence-electron chi connectivity index (χ2n) is 3.80. The maximum absolute atomic E-state index is 12.7. The number of carbonyl (C=O) groups excluding carboxylic acids is 1. The van der Waals surface area contributed by atoms with E-state index in [2.05, 4.69) is 0 Å². The zero-order valence-corrected chi connectivity index (χ0v) is 9.08. The van der Waals surface area contributed by atoms with E-state index in [-0.39, 0.29) is 17.5 Å². The topological polar surface area (TPSA) is 40.9 Å². The summed E-state index contributed by atoms with van der Waals surface area (Å²) in [7, 11) is 0. The SMILES string of the molecule is CC(C=O)Cc1ccc(C#N)cc1C(F)(F)F. The summed E-state index contributed by atoms with van der Waals surface area (Å²) in [6, 6.07) is 5.05. The van der Waals surface area contributed by atoms with Crippen molar-refractivity contribution in [2.24, 2.45) is 5.92 Å². The molecule has 1 atom stereocenters. The van der Waals surface area contributed by atoms with Crippen LogP contribution in [0.1, 0.15) is 23.6 Å². The van der Waals surface area contributed by atoms with E-state index in [1.807, 2.05) is 0 Å². The summed E-state index contributed by atoms with van der Waals surface area (Å²) in [5, 5.41) is 8.57. The highest BCUT2D eigenvalue weighted by molar-refractivity contribution is 5.54. The molecule has 2 nitrogen and oxygen atoms in total. The van der Waals surface area contributed by atoms with Crippen molar-refractivity contribution in [2.75, 3.05) is 0 Å². The largest absolute Gasteiger partial charge is 0.416 e. The molecule has 0 saturated heterocycles. The molecule has 90 valence electrons. The Bertz CT molecular complexity index is 460. The molecule has 17 heavy (non-hydrogen) atoms. The van der Waals surface area contributed by atoms with E-state index in [0.29, 0.717) is 6.29 Å². The highest BCUT2D eigenvalue weighted by Gasteiger charge is 2.33. The summed E-state index contributed by atoms with van der Waals surface area (Å²) in [5.41, 5.74) is -0.846. The standard InChI is InChI=1S/C12H10F3NO/c1-8(7-17)4-10-3-2-9(6-16)5-11(10)12(13,14)15/h2-3,5,7-8H,4H2,1H3. The van der Waals surface area contributed by atoms with Crippen LogP contribution >= 0.6 is 0 Å². The Labute approximate surface area is 96.7 Å². The molecule has 0 aromatic heterocycles. The minimum absolute atomic E-state index is 0.0179. The molecular weight excluding hydrogens is 231 g/mol. The number of hydrogen-bond acceptors (Lipinski definition) is 2. The van der Waals surface area contributed by atoms with Gasteiger partial charge in [-0.2, -0.15) is 18.4 Å². The quantitative estimate of drug-likeness (QED) is 0.763. The number of carbonyl (C=O) groups is 1. The lowest BCUT2D eigenvalue weighted by Gasteiger charge is -2.14. The molecule has 1 rings (SSSR count). The van der Waals surface area contributed by atoms with Crippen molar-refractivity contribution in [3.8, 4) is 6.07 Å². The molecule has 0 aliphatic carbocycles. The van der Waals surface area contributed by atoms with Gasteiger partial charge in [-0.25, -0.2) is 0 Å². The van der Waals surface area contributed by atoms with Crippen LogP contribution in [-0.2, 0) is 17.4 Å². The fraction of sp³-hybridized carbons (Fsp3) is 0.333. The van der Waals surface area contributed by atoms with Gasteiger partial charge in [-0.15, -0.1) is 0 Å². The van der Waals surface area contributed by atoms with Gasteiger partial charge in [0.2, 0.25) is 0 Å². The van der Waals surface area contributed by atoms with E-state index in [1.54, 1.807) is 13.0 Å². The van der Waals surface area contributed by atoms with Crippen molar-refractivity contribution in [2.45, 2.75) is 19.5 Å². The second-order valence-corrected chi connectivity index (χ2v) is 3.80. The van der Waals surface area contributed by atoms with Crippen LogP contribution in [0, 0.1) is 17.2 Å². The van der Waals surface area contributed by atoms with E-state index in [1.165, 1.54) is 12.1 Å². The number of nitriles is 1. The Morgan fingerprint density at radius 3 is 2.59 bits per heavy atom. The van der Waals surface area contributed by atoms with Gasteiger partial charge in [-0.3, -0.25) is 0 Å². The van der Waals surface area contributed by atoms with Gasteiger partial charge in [-0.05, 0) is 24.1 Å². The van der Waals surface area contributed by atoms with Crippen molar-refractivity contribution in [1.82, 2.24) is 0 Å². The minimum atomic E-state index is -4.51. The van der Waals surface area contributed by atoms with E-state index >= 15 is 0 Å². The zero-order valence-electron chi connectivity index (χ0n) is 9.08. The monoisotopic (exact) mass is 241 g/mol. The van der Waals surface area contributed by atoms with Gasteiger partial charge >= 0.3 is 6.18 Å². The molecule has 0 aliphatic heterocycles. The first-order valence-electron chi connectivity index (χ1n) is 4.94. The highest BCUT2D eigenvalue weighted by Crippen LogP contribution is 2.33. The van der Waals surface area contributed by atoms with Gasteiger partial charge < -0.3 is 4.79 Å². The minimum Gasteiger partial charge on any atom is -0.303 e. The number of aldehydes is 1. The molecule has 1 aromatic carbocycles. The van der Waals surface area contributed by atoms with Crippen LogP contribution < -0.4 is 0 Å². The molecule has 0 bridgehead atoms. The molecule has 0 N–H and O–H groups in total. The molecule has 0 spiro atoms. The molecular formula is C12H10F3NO. The lowest BCUT2D eigenvalue weighted by atomic mass is 9.96. The summed E-state index contributed by atoms with van der Waals surface area (Å²) < 4.78 is 38.2. The van der Waals surface area contributed by atoms with E-state index in [9.17, 15) is 18.0 Å². The van der Waals surface area contributed by atoms with Crippen LogP contribution in [0.25, 0.3) is 0 Å². The molecule has 5 heteroatoms. The number of benzene rings is 1. The van der Waals surface area contributed by atoms with Crippen LogP contribution in [0.3, 0.4) is 0 Å². The average molecular weight is 241 g/mol. The van der Waals surface area contributed by atoms with Crippen molar-refractivity contribution in [3.63, 3.8) is 0 Å². The van der Waals surface area contributed by atoms with Gasteiger partial charge in [0.05, 0.1) is 17.2 Å². The van der Waals surface area contributed by atoms with E-state index in [0.717, 1.165) is 6.07 Å². The third-order valence-corrected chi connectivity index (χ3v) is 2.32. The van der Waals surface area contributed by atoms with Gasteiger partial charge in [0.15, 0.2) is 0 Å². The number of rotatable bonds is 3. The third kappa shape index (κ3) is 3.31. The summed E-state index contributed by atoms with van der Waals surface area (Å²) in [6.45, 7) is 1.55. The molecule has 0 aliphatic rings. The maximum Gasteiger partial charge on any atom is 0.416 e. The Morgan fingerprint density at radius 2 is 2.12 bits per heavy atom. The number of alkyl halides is 3. The summed E-state index contributed by atoms with van der Waals surface area (Å²) >= 11 is 0. The van der Waals surface area contributed by atoms with E-state index in [4.69, 9.17) is 5.26 Å². The predicted molar refractivity (Wildman–Crippen MR) is 55.1 cm³/mol. The summed E-state index contributed by atoms with van der Waals surface area (Å²) in [5.74, 6) is -0.482. The molecule has 0 heterocycles. The maximum atomic E-state index is 12.7. The fourth-order valence-corrected chi connectivity index (χ4v) is 1.48. The van der Waals surface area contributed by atoms with Gasteiger partial charge in [0.1, 0.15) is 6.29 Å². The lowest BCUT2D eigenvalue weighted by Crippen LogP contribution is -2.12. The fourth-order valence-electron chi connectivity index (χ4n) is 1.48. The van der Waals surface area contributed by atoms with Crippen molar-refractivity contribution < 1.29 is 18.0 Å². The van der Waals surface area contributed by atoms with Crippen LogP contribution in [0.15, 0.2) is 18.2 Å². The van der Waals surface area contributed by atoms with Crippen LogP contribution in [0.5, 0.6) is 0 Å². The van der Waals surface area contributed by atoms with Gasteiger partial charge in [0, 0.05) is 5.92 Å². The second kappa shape index (κ2) is 5.00.